The maximum Gasteiger partial charge on any atom is 0.157 e. The van der Waals surface area contributed by atoms with Crippen LogP contribution in [0.4, 0.5) is 0 Å². The van der Waals surface area contributed by atoms with Crippen LogP contribution in [0, 0.1) is 17.2 Å². The Bertz CT molecular complexity index is 416. The van der Waals surface area contributed by atoms with E-state index in [-0.39, 0.29) is 5.78 Å². The van der Waals surface area contributed by atoms with Crippen LogP contribution in [-0.2, 0) is 10.2 Å². The molecule has 1 aromatic rings. The van der Waals surface area contributed by atoms with Crippen LogP contribution in [-0.4, -0.2) is 5.78 Å². The van der Waals surface area contributed by atoms with Crippen LogP contribution in [0.25, 0.3) is 0 Å². The van der Waals surface area contributed by atoms with Crippen LogP contribution in [0.2, 0.25) is 0 Å². The third-order valence-corrected chi connectivity index (χ3v) is 2.97. The van der Waals surface area contributed by atoms with Gasteiger partial charge in [0.25, 0.3) is 0 Å². The zero-order chi connectivity index (χ0) is 12.9. The highest BCUT2D eigenvalue weighted by Crippen LogP contribution is 2.32. The van der Waals surface area contributed by atoms with Gasteiger partial charge in [-0.15, -0.1) is 0 Å². The molecule has 0 heterocycles. The lowest BCUT2D eigenvalue weighted by molar-refractivity contribution is -0.122. The van der Waals surface area contributed by atoms with Gasteiger partial charge in [-0.2, -0.15) is 5.26 Å². The van der Waals surface area contributed by atoms with Gasteiger partial charge in [0, 0.05) is 6.42 Å². The summed E-state index contributed by atoms with van der Waals surface area (Å²) in [5, 5.41) is 9.51. The molecule has 1 rings (SSSR count). The van der Waals surface area contributed by atoms with Gasteiger partial charge in [0.1, 0.15) is 5.41 Å². The molecule has 1 atom stereocenters. The highest BCUT2D eigenvalue weighted by Gasteiger charge is 2.39. The first-order valence-electron chi connectivity index (χ1n) is 6.07. The molecule has 0 amide bonds. The molecule has 0 saturated carbocycles. The minimum absolute atomic E-state index is 0.0138. The lowest BCUT2D eigenvalue weighted by atomic mass is 9.72. The van der Waals surface area contributed by atoms with Crippen molar-refractivity contribution >= 4 is 5.78 Å². The molecule has 17 heavy (non-hydrogen) atoms. The number of carbonyl (C=O) groups is 1. The Morgan fingerprint density at radius 1 is 1.35 bits per heavy atom. The molecule has 90 valence electrons. The molecule has 0 aliphatic heterocycles. The molecule has 0 N–H and O–H groups in total. The third kappa shape index (κ3) is 2.74. The van der Waals surface area contributed by atoms with E-state index in [1.807, 2.05) is 51.1 Å². The third-order valence-electron chi connectivity index (χ3n) is 2.97. The SMILES string of the molecule is CCC(=O)[C@@](C#N)(CC(C)C)c1ccccc1. The van der Waals surface area contributed by atoms with Crippen LogP contribution >= 0.6 is 0 Å². The summed E-state index contributed by atoms with van der Waals surface area (Å²) in [6.45, 7) is 5.90. The van der Waals surface area contributed by atoms with Gasteiger partial charge in [-0.3, -0.25) is 4.79 Å². The Balaban J connectivity index is 3.27. The summed E-state index contributed by atoms with van der Waals surface area (Å²) in [5.41, 5.74) is -0.146. The number of nitriles is 1. The number of ketones is 1. The van der Waals surface area contributed by atoms with E-state index >= 15 is 0 Å². The smallest absolute Gasteiger partial charge is 0.157 e. The molecule has 0 fully saturated rings. The predicted octanol–water partition coefficient (Wildman–Crippen LogP) is 3.47. The molecule has 0 radical (unpaired) electrons. The van der Waals surface area contributed by atoms with Crippen molar-refractivity contribution in [1.29, 1.82) is 5.26 Å². The maximum absolute atomic E-state index is 12.2. The number of hydrogen-bond donors (Lipinski definition) is 0. The van der Waals surface area contributed by atoms with Crippen LogP contribution in [0.15, 0.2) is 30.3 Å². The normalized spacial score (nSPS) is 14.1. The van der Waals surface area contributed by atoms with Gasteiger partial charge in [0.2, 0.25) is 0 Å². The van der Waals surface area contributed by atoms with E-state index in [9.17, 15) is 10.1 Å². The molecular formula is C15H19NO. The second kappa shape index (κ2) is 5.63. The number of nitrogens with zero attached hydrogens (tertiary/aromatic N) is 1. The number of hydrogen-bond acceptors (Lipinski definition) is 2. The quantitative estimate of drug-likeness (QED) is 0.775. The number of Topliss-reactive ketones (excluding diaryl/α,β-unsaturated/α-hetero) is 1. The summed E-state index contributed by atoms with van der Waals surface area (Å²) in [5.74, 6) is 0.324. The fraction of sp³-hybridized carbons (Fsp3) is 0.467. The van der Waals surface area contributed by atoms with Crippen molar-refractivity contribution in [2.24, 2.45) is 5.92 Å². The lowest BCUT2D eigenvalue weighted by Crippen LogP contribution is -2.35. The monoisotopic (exact) mass is 229 g/mol. The summed E-state index contributed by atoms with van der Waals surface area (Å²) < 4.78 is 0. The molecule has 1 aromatic carbocycles. The van der Waals surface area contributed by atoms with Crippen molar-refractivity contribution in [3.63, 3.8) is 0 Å². The van der Waals surface area contributed by atoms with Gasteiger partial charge in [0.05, 0.1) is 6.07 Å². The van der Waals surface area contributed by atoms with Gasteiger partial charge in [0.15, 0.2) is 5.78 Å². The van der Waals surface area contributed by atoms with E-state index in [4.69, 9.17) is 0 Å². The summed E-state index contributed by atoms with van der Waals surface area (Å²) in [7, 11) is 0. The number of carbonyl (C=O) groups excluding carboxylic acids is 1. The Hall–Kier alpha value is -1.62. The van der Waals surface area contributed by atoms with Gasteiger partial charge in [-0.1, -0.05) is 51.1 Å². The average molecular weight is 229 g/mol. The Labute approximate surface area is 103 Å². The minimum atomic E-state index is -0.968. The zero-order valence-electron chi connectivity index (χ0n) is 10.7. The first-order chi connectivity index (χ1) is 8.06. The van der Waals surface area contributed by atoms with Crippen molar-refractivity contribution in [3.8, 4) is 6.07 Å². The highest BCUT2D eigenvalue weighted by atomic mass is 16.1. The summed E-state index contributed by atoms with van der Waals surface area (Å²) in [4.78, 5) is 12.2. The first kappa shape index (κ1) is 13.4. The summed E-state index contributed by atoms with van der Waals surface area (Å²) >= 11 is 0. The van der Waals surface area contributed by atoms with Crippen molar-refractivity contribution in [1.82, 2.24) is 0 Å². The van der Waals surface area contributed by atoms with Gasteiger partial charge in [-0.05, 0) is 17.9 Å². The van der Waals surface area contributed by atoms with Crippen LogP contribution in [0.1, 0.15) is 39.2 Å². The van der Waals surface area contributed by atoms with Crippen molar-refractivity contribution < 1.29 is 4.79 Å². The van der Waals surface area contributed by atoms with E-state index in [0.29, 0.717) is 18.8 Å². The topological polar surface area (TPSA) is 40.9 Å². The van der Waals surface area contributed by atoms with Crippen molar-refractivity contribution in [2.75, 3.05) is 0 Å². The standard InChI is InChI=1S/C15H19NO/c1-4-14(17)15(11-16,10-12(2)3)13-8-6-5-7-9-13/h5-9,12H,4,10H2,1-3H3/t15-/m1/s1. The molecule has 0 aliphatic rings. The van der Waals surface area contributed by atoms with Gasteiger partial charge >= 0.3 is 0 Å². The van der Waals surface area contributed by atoms with Gasteiger partial charge < -0.3 is 0 Å². The highest BCUT2D eigenvalue weighted by molar-refractivity contribution is 5.93. The molecule has 0 spiro atoms. The van der Waals surface area contributed by atoms with E-state index < -0.39 is 5.41 Å². The number of rotatable bonds is 5. The first-order valence-corrected chi connectivity index (χ1v) is 6.07. The molecule has 0 aromatic heterocycles. The fourth-order valence-electron chi connectivity index (χ4n) is 2.20. The Morgan fingerprint density at radius 3 is 2.35 bits per heavy atom. The van der Waals surface area contributed by atoms with Crippen LogP contribution in [0.5, 0.6) is 0 Å². The molecule has 0 saturated heterocycles. The van der Waals surface area contributed by atoms with E-state index in [1.165, 1.54) is 0 Å². The van der Waals surface area contributed by atoms with E-state index in [2.05, 4.69) is 6.07 Å². The van der Waals surface area contributed by atoms with Crippen LogP contribution < -0.4 is 0 Å². The molecule has 0 unspecified atom stereocenters. The molecular weight excluding hydrogens is 210 g/mol. The summed E-state index contributed by atoms with van der Waals surface area (Å²) in [6, 6.07) is 11.7. The fourth-order valence-corrected chi connectivity index (χ4v) is 2.20. The second-order valence-electron chi connectivity index (χ2n) is 4.76. The summed E-state index contributed by atoms with van der Waals surface area (Å²) in [6.07, 6.45) is 0.982. The van der Waals surface area contributed by atoms with Crippen molar-refractivity contribution in [2.45, 2.75) is 39.0 Å². The molecule has 2 nitrogen and oxygen atoms in total. The molecule has 2 heteroatoms. The predicted molar refractivity (Wildman–Crippen MR) is 68.5 cm³/mol. The van der Waals surface area contributed by atoms with Crippen molar-refractivity contribution in [3.05, 3.63) is 35.9 Å². The second-order valence-corrected chi connectivity index (χ2v) is 4.76. The van der Waals surface area contributed by atoms with E-state index in [1.54, 1.807) is 0 Å². The Morgan fingerprint density at radius 2 is 1.94 bits per heavy atom. The Kier molecular flexibility index (Phi) is 4.45. The average Bonchev–Trinajstić information content (AvgIpc) is 2.35. The zero-order valence-corrected chi connectivity index (χ0v) is 10.7. The largest absolute Gasteiger partial charge is 0.298 e. The van der Waals surface area contributed by atoms with Crippen LogP contribution in [0.3, 0.4) is 0 Å². The molecule has 0 bridgehead atoms. The van der Waals surface area contributed by atoms with E-state index in [0.717, 1.165) is 5.56 Å². The maximum atomic E-state index is 12.2. The molecule has 0 aliphatic carbocycles. The van der Waals surface area contributed by atoms with Gasteiger partial charge in [-0.25, -0.2) is 0 Å². The lowest BCUT2D eigenvalue weighted by Gasteiger charge is -2.27. The number of benzene rings is 1. The minimum Gasteiger partial charge on any atom is -0.298 e.